The molecule has 1 aliphatic rings. The van der Waals surface area contributed by atoms with Crippen molar-refractivity contribution in [3.05, 3.63) is 12.2 Å². The monoisotopic (exact) mass is 198 g/mol. The Kier molecular flexibility index (Phi) is 4.63. The lowest BCUT2D eigenvalue weighted by molar-refractivity contribution is 0.0243. The van der Waals surface area contributed by atoms with Gasteiger partial charge in [-0.1, -0.05) is 31.4 Å². The zero-order chi connectivity index (χ0) is 10.6. The van der Waals surface area contributed by atoms with Crippen molar-refractivity contribution in [3.63, 3.8) is 0 Å². The van der Waals surface area contributed by atoms with Crippen molar-refractivity contribution in [2.24, 2.45) is 11.8 Å². The lowest BCUT2D eigenvalue weighted by atomic mass is 9.79. The van der Waals surface area contributed by atoms with Gasteiger partial charge in [0.1, 0.15) is 0 Å². The third kappa shape index (κ3) is 2.82. The fourth-order valence-corrected chi connectivity index (χ4v) is 2.36. The van der Waals surface area contributed by atoms with E-state index >= 15 is 0 Å². The molecule has 82 valence electrons. The number of hydrogen-bond donors (Lipinski definition) is 2. The molecular weight excluding hydrogens is 176 g/mol. The molecule has 1 fully saturated rings. The summed E-state index contributed by atoms with van der Waals surface area (Å²) < 4.78 is 0. The molecule has 0 bridgehead atoms. The minimum Gasteiger partial charge on any atom is -0.396 e. The first-order valence-electron chi connectivity index (χ1n) is 5.61. The van der Waals surface area contributed by atoms with Gasteiger partial charge in [-0.3, -0.25) is 0 Å². The standard InChI is InChI=1S/C12H22O2/c1-9(2)11(8-13)12(14)10-6-4-3-5-7-10/h10-14H,1,3-8H2,2H3/t11-,12-/m1/s1. The fourth-order valence-electron chi connectivity index (χ4n) is 2.36. The summed E-state index contributed by atoms with van der Waals surface area (Å²) >= 11 is 0. The van der Waals surface area contributed by atoms with E-state index in [1.807, 2.05) is 6.92 Å². The summed E-state index contributed by atoms with van der Waals surface area (Å²) in [4.78, 5) is 0. The van der Waals surface area contributed by atoms with Gasteiger partial charge in [0.2, 0.25) is 0 Å². The van der Waals surface area contributed by atoms with Crippen LogP contribution >= 0.6 is 0 Å². The smallest absolute Gasteiger partial charge is 0.0655 e. The SMILES string of the molecule is C=C(C)[C@@H](CO)[C@H](O)C1CCCCC1. The van der Waals surface area contributed by atoms with Crippen molar-refractivity contribution in [3.8, 4) is 0 Å². The van der Waals surface area contributed by atoms with Crippen LogP contribution in [0.25, 0.3) is 0 Å². The van der Waals surface area contributed by atoms with Gasteiger partial charge in [-0.05, 0) is 25.7 Å². The Morgan fingerprint density at radius 3 is 2.36 bits per heavy atom. The van der Waals surface area contributed by atoms with E-state index in [9.17, 15) is 10.2 Å². The van der Waals surface area contributed by atoms with Crippen molar-refractivity contribution in [1.82, 2.24) is 0 Å². The molecule has 2 nitrogen and oxygen atoms in total. The molecule has 0 aliphatic heterocycles. The molecule has 0 amide bonds. The third-order valence-electron chi connectivity index (χ3n) is 3.37. The second kappa shape index (κ2) is 5.52. The van der Waals surface area contributed by atoms with Gasteiger partial charge in [-0.2, -0.15) is 0 Å². The predicted molar refractivity (Wildman–Crippen MR) is 58.0 cm³/mol. The van der Waals surface area contributed by atoms with Gasteiger partial charge in [0.15, 0.2) is 0 Å². The maximum atomic E-state index is 10.1. The molecular formula is C12H22O2. The normalized spacial score (nSPS) is 23.1. The van der Waals surface area contributed by atoms with E-state index in [0.717, 1.165) is 18.4 Å². The van der Waals surface area contributed by atoms with Crippen LogP contribution in [0.1, 0.15) is 39.0 Å². The highest BCUT2D eigenvalue weighted by atomic mass is 16.3. The van der Waals surface area contributed by atoms with Crippen LogP contribution in [0, 0.1) is 11.8 Å². The Morgan fingerprint density at radius 2 is 1.93 bits per heavy atom. The number of hydrogen-bond acceptors (Lipinski definition) is 2. The minimum absolute atomic E-state index is 0.0208. The third-order valence-corrected chi connectivity index (χ3v) is 3.37. The summed E-state index contributed by atoms with van der Waals surface area (Å²) in [6.45, 7) is 5.72. The molecule has 0 aromatic rings. The molecule has 0 aromatic heterocycles. The van der Waals surface area contributed by atoms with Crippen LogP contribution in [0.5, 0.6) is 0 Å². The molecule has 0 aromatic carbocycles. The Hall–Kier alpha value is -0.340. The molecule has 2 heteroatoms. The van der Waals surface area contributed by atoms with Crippen LogP contribution in [0.15, 0.2) is 12.2 Å². The van der Waals surface area contributed by atoms with E-state index in [1.165, 1.54) is 19.3 Å². The van der Waals surface area contributed by atoms with E-state index < -0.39 is 6.10 Å². The molecule has 0 radical (unpaired) electrons. The van der Waals surface area contributed by atoms with Crippen LogP contribution in [0.3, 0.4) is 0 Å². The Labute approximate surface area is 86.6 Å². The van der Waals surface area contributed by atoms with E-state index in [1.54, 1.807) is 0 Å². The number of rotatable bonds is 4. The van der Waals surface area contributed by atoms with E-state index in [2.05, 4.69) is 6.58 Å². The summed E-state index contributed by atoms with van der Waals surface area (Å²) in [6, 6.07) is 0. The van der Waals surface area contributed by atoms with Gasteiger partial charge in [0.05, 0.1) is 12.7 Å². The topological polar surface area (TPSA) is 40.5 Å². The Bertz CT molecular complexity index is 183. The Balaban J connectivity index is 2.51. The van der Waals surface area contributed by atoms with Crippen molar-refractivity contribution in [2.75, 3.05) is 6.61 Å². The number of aliphatic hydroxyl groups excluding tert-OH is 2. The molecule has 1 rings (SSSR count). The van der Waals surface area contributed by atoms with Gasteiger partial charge < -0.3 is 10.2 Å². The molecule has 1 aliphatic carbocycles. The van der Waals surface area contributed by atoms with Crippen molar-refractivity contribution >= 4 is 0 Å². The van der Waals surface area contributed by atoms with E-state index in [0.29, 0.717) is 5.92 Å². The maximum Gasteiger partial charge on any atom is 0.0655 e. The zero-order valence-corrected chi connectivity index (χ0v) is 9.08. The highest BCUT2D eigenvalue weighted by Crippen LogP contribution is 2.31. The van der Waals surface area contributed by atoms with E-state index in [4.69, 9.17) is 0 Å². The van der Waals surface area contributed by atoms with Crippen LogP contribution in [0.4, 0.5) is 0 Å². The molecule has 2 atom stereocenters. The molecule has 0 saturated heterocycles. The quantitative estimate of drug-likeness (QED) is 0.679. The first-order valence-corrected chi connectivity index (χ1v) is 5.61. The molecule has 0 unspecified atom stereocenters. The molecule has 0 spiro atoms. The summed E-state index contributed by atoms with van der Waals surface area (Å²) in [5.74, 6) is 0.246. The van der Waals surface area contributed by atoms with Crippen molar-refractivity contribution in [1.29, 1.82) is 0 Å². The van der Waals surface area contributed by atoms with Crippen LogP contribution in [0.2, 0.25) is 0 Å². The first kappa shape index (κ1) is 11.7. The molecule has 2 N–H and O–H groups in total. The van der Waals surface area contributed by atoms with E-state index in [-0.39, 0.29) is 12.5 Å². The molecule has 0 heterocycles. The fraction of sp³-hybridized carbons (Fsp3) is 0.833. The van der Waals surface area contributed by atoms with Gasteiger partial charge in [0.25, 0.3) is 0 Å². The largest absolute Gasteiger partial charge is 0.396 e. The summed E-state index contributed by atoms with van der Waals surface area (Å²) in [5.41, 5.74) is 0.894. The van der Waals surface area contributed by atoms with Gasteiger partial charge in [-0.15, -0.1) is 0 Å². The maximum absolute atomic E-state index is 10.1. The summed E-state index contributed by atoms with van der Waals surface area (Å²) in [7, 11) is 0. The average Bonchev–Trinajstić information content (AvgIpc) is 2.19. The average molecular weight is 198 g/mol. The molecule has 1 saturated carbocycles. The minimum atomic E-state index is -0.391. The number of aliphatic hydroxyl groups is 2. The van der Waals surface area contributed by atoms with Crippen LogP contribution in [-0.2, 0) is 0 Å². The zero-order valence-electron chi connectivity index (χ0n) is 9.08. The first-order chi connectivity index (χ1) is 6.66. The van der Waals surface area contributed by atoms with Crippen molar-refractivity contribution < 1.29 is 10.2 Å². The molecule has 14 heavy (non-hydrogen) atoms. The summed E-state index contributed by atoms with van der Waals surface area (Å²) in [6.07, 6.45) is 5.54. The lowest BCUT2D eigenvalue weighted by Crippen LogP contribution is -2.33. The second-order valence-electron chi connectivity index (χ2n) is 4.52. The van der Waals surface area contributed by atoms with Gasteiger partial charge >= 0.3 is 0 Å². The van der Waals surface area contributed by atoms with Gasteiger partial charge in [-0.25, -0.2) is 0 Å². The van der Waals surface area contributed by atoms with Gasteiger partial charge in [0, 0.05) is 5.92 Å². The highest BCUT2D eigenvalue weighted by Gasteiger charge is 2.28. The predicted octanol–water partition coefficient (Wildman–Crippen LogP) is 2.11. The van der Waals surface area contributed by atoms with Crippen molar-refractivity contribution in [2.45, 2.75) is 45.1 Å². The van der Waals surface area contributed by atoms with Crippen LogP contribution in [-0.4, -0.2) is 22.9 Å². The highest BCUT2D eigenvalue weighted by molar-refractivity contribution is 5.00. The lowest BCUT2D eigenvalue weighted by Gasteiger charge is -2.31. The Morgan fingerprint density at radius 1 is 1.36 bits per heavy atom. The van der Waals surface area contributed by atoms with Crippen LogP contribution < -0.4 is 0 Å². The summed E-state index contributed by atoms with van der Waals surface area (Å²) in [5, 5.41) is 19.3. The second-order valence-corrected chi connectivity index (χ2v) is 4.52.